The Bertz CT molecular complexity index is 4640. The van der Waals surface area contributed by atoms with Gasteiger partial charge < -0.3 is 19.9 Å². The minimum atomic E-state index is 0. The number of fused-ring (bicyclic) bond motifs is 12. The molecule has 0 N–H and O–H groups in total. The molecule has 0 saturated carbocycles. The van der Waals surface area contributed by atoms with E-state index in [1.807, 2.05) is 0 Å². The van der Waals surface area contributed by atoms with Gasteiger partial charge in [0.2, 0.25) is 0 Å². The van der Waals surface area contributed by atoms with Crippen molar-refractivity contribution in [2.45, 2.75) is 419 Å². The first-order valence-electron chi connectivity index (χ1n) is 44.0. The summed E-state index contributed by atoms with van der Waals surface area (Å²) in [6, 6.07) is 38.4. The molecule has 4 aromatic heterocycles. The molecular formula is C112H160N4Zn2. The summed E-state index contributed by atoms with van der Waals surface area (Å²) in [6.45, 7) is 111. The van der Waals surface area contributed by atoms with Crippen molar-refractivity contribution >= 4 is 87.2 Å². The molecule has 0 aliphatic rings. The number of hydrogen-bond donors (Lipinski definition) is 0. The Labute approximate surface area is 745 Å². The Morgan fingerprint density at radius 3 is 0.254 bits per heavy atom. The predicted octanol–water partition coefficient (Wildman–Crippen LogP) is 32.6. The van der Waals surface area contributed by atoms with Crippen LogP contribution in [-0.2, 0) is 126 Å². The zero-order valence-corrected chi connectivity index (χ0v) is 90.4. The molecule has 632 valence electrons. The van der Waals surface area contributed by atoms with Gasteiger partial charge in [0.15, 0.2) is 0 Å². The van der Waals surface area contributed by atoms with Crippen molar-refractivity contribution in [3.8, 4) is 0 Å². The van der Waals surface area contributed by atoms with Crippen molar-refractivity contribution in [3.63, 3.8) is 0 Å². The molecule has 0 aliphatic heterocycles. The third kappa shape index (κ3) is 21.0. The van der Waals surface area contributed by atoms with E-state index in [-0.39, 0.29) is 126 Å². The van der Waals surface area contributed by atoms with Crippen LogP contribution in [0.2, 0.25) is 0 Å². The fourth-order valence-corrected chi connectivity index (χ4v) is 16.2. The van der Waals surface area contributed by atoms with Gasteiger partial charge in [-0.1, -0.05) is 474 Å². The maximum atomic E-state index is 5.29. The van der Waals surface area contributed by atoms with Crippen LogP contribution in [0.4, 0.5) is 0 Å². The molecule has 0 bridgehead atoms. The van der Waals surface area contributed by atoms with Crippen LogP contribution in [0, 0.1) is 0 Å². The van der Waals surface area contributed by atoms with E-state index < -0.39 is 0 Å². The van der Waals surface area contributed by atoms with Crippen molar-refractivity contribution in [2.24, 2.45) is 0 Å². The van der Waals surface area contributed by atoms with E-state index in [4.69, 9.17) is 19.9 Å². The summed E-state index contributed by atoms with van der Waals surface area (Å²) in [5, 5.41) is 10.5. The monoisotopic (exact) mass is 1690 g/mol. The molecule has 0 spiro atoms. The van der Waals surface area contributed by atoms with Gasteiger partial charge in [0.05, 0.1) is 0 Å². The molecule has 0 fully saturated rings. The molecule has 4 nitrogen and oxygen atoms in total. The molecule has 6 heteroatoms. The van der Waals surface area contributed by atoms with Crippen LogP contribution in [0.5, 0.6) is 0 Å². The normalized spacial score (nSPS) is 14.0. The third-order valence-electron chi connectivity index (χ3n) is 24.3. The Hall–Kier alpha value is -5.79. The Balaban J connectivity index is 0.000000216. The second-order valence-electron chi connectivity index (χ2n) is 51.8. The molecule has 0 amide bonds. The molecule has 8 aromatic carbocycles. The van der Waals surface area contributed by atoms with Crippen molar-refractivity contribution in [1.29, 1.82) is 0 Å². The first-order valence-corrected chi connectivity index (χ1v) is 44.0. The quantitative estimate of drug-likeness (QED) is 0.142. The molecule has 0 unspecified atom stereocenters. The predicted molar refractivity (Wildman–Crippen MR) is 518 cm³/mol. The van der Waals surface area contributed by atoms with Gasteiger partial charge in [-0.05, 0) is 174 Å². The average molecular weight is 1690 g/mol. The number of hydrogen-bond acceptors (Lipinski definition) is 0. The molecule has 118 heavy (non-hydrogen) atoms. The zero-order valence-electron chi connectivity index (χ0n) is 84.4. The van der Waals surface area contributed by atoms with E-state index in [1.165, 1.54) is 176 Å². The van der Waals surface area contributed by atoms with Gasteiger partial charge in [-0.3, -0.25) is 0 Å². The minimum absolute atomic E-state index is 0. The summed E-state index contributed by atoms with van der Waals surface area (Å²) in [5.74, 6) is 0. The number of nitrogens with zero attached hydrogens (tertiary/aromatic N) is 4. The van der Waals surface area contributed by atoms with Crippen LogP contribution >= 0.6 is 0 Å². The first kappa shape index (κ1) is 99.3. The van der Waals surface area contributed by atoms with Crippen LogP contribution in [0.3, 0.4) is 0 Å². The van der Waals surface area contributed by atoms with Crippen LogP contribution in [0.1, 0.15) is 421 Å². The number of aromatic nitrogens is 4. The van der Waals surface area contributed by atoms with Gasteiger partial charge in [-0.2, -0.15) is 0 Å². The average Bonchev–Trinajstić information content (AvgIpc) is 1.59. The largest absolute Gasteiger partial charge is 2.00 e. The van der Waals surface area contributed by atoms with E-state index in [0.717, 1.165) is 0 Å². The van der Waals surface area contributed by atoms with E-state index in [9.17, 15) is 0 Å². The Morgan fingerprint density at radius 1 is 0.119 bits per heavy atom. The van der Waals surface area contributed by atoms with Crippen molar-refractivity contribution < 1.29 is 39.0 Å². The standard InChI is InChI=1S/4C28H40N.2Zn/c4*1-25(2,3)17-13-19-20-14-18(26(4,5)6)16-22(28(10,11)12)24(20)29-23(19)21(15-17)27(7,8)9;;/h4*13-16H,1-12H3;;/q4*-1;2*+2. The molecule has 4 heterocycles. The van der Waals surface area contributed by atoms with Crippen molar-refractivity contribution in [1.82, 2.24) is 19.9 Å². The third-order valence-corrected chi connectivity index (χ3v) is 24.3. The molecule has 0 aliphatic carbocycles. The van der Waals surface area contributed by atoms with Gasteiger partial charge in [0, 0.05) is 0 Å². The van der Waals surface area contributed by atoms with Gasteiger partial charge in [-0.15, -0.1) is 44.1 Å². The Morgan fingerprint density at radius 2 is 0.195 bits per heavy atom. The molecule has 0 saturated heterocycles. The summed E-state index contributed by atoms with van der Waals surface area (Å²) in [4.78, 5) is 21.2. The number of rotatable bonds is 0. The van der Waals surface area contributed by atoms with E-state index in [1.54, 1.807) is 0 Å². The summed E-state index contributed by atoms with van der Waals surface area (Å²) in [5.41, 5.74) is 32.6. The van der Waals surface area contributed by atoms with E-state index in [2.05, 4.69) is 429 Å². The minimum Gasteiger partial charge on any atom is -0.656 e. The summed E-state index contributed by atoms with van der Waals surface area (Å²) in [7, 11) is 0. The topological polar surface area (TPSA) is 56.4 Å². The van der Waals surface area contributed by atoms with Crippen molar-refractivity contribution in [3.05, 3.63) is 186 Å². The smallest absolute Gasteiger partial charge is 0.656 e. The van der Waals surface area contributed by atoms with Crippen LogP contribution in [-0.4, -0.2) is 0 Å². The molecule has 12 rings (SSSR count). The maximum absolute atomic E-state index is 5.29. The molecule has 0 radical (unpaired) electrons. The zero-order chi connectivity index (χ0) is 88.6. The second-order valence-corrected chi connectivity index (χ2v) is 51.8. The van der Waals surface area contributed by atoms with Crippen LogP contribution < -0.4 is 19.9 Å². The Kier molecular flexibility index (Phi) is 26.7. The SMILES string of the molecule is CC(C)(C)c1cc(C(C)(C)C)c2[n-]c3c(C(C)(C)C)cc(C(C)(C)C)cc3c2c1.CC(C)(C)c1cc(C(C)(C)C)c2[n-]c3c(C(C)(C)C)cc(C(C)(C)C)cc3c2c1.CC(C)(C)c1cc(C(C)(C)C)c2[n-]c3c(C(C)(C)C)cc(C(C)(C)C)cc3c2c1.CC(C)(C)c1cc(C(C)(C)C)c2[n-]c3c(C(C)(C)C)cc(C(C)(C)C)cc3c2c1.[Zn+2].[Zn+2]. The van der Waals surface area contributed by atoms with Gasteiger partial charge in [0.25, 0.3) is 0 Å². The summed E-state index contributed by atoms with van der Waals surface area (Å²) < 4.78 is 0. The molecule has 0 atom stereocenters. The summed E-state index contributed by atoms with van der Waals surface area (Å²) >= 11 is 0. The van der Waals surface area contributed by atoms with Gasteiger partial charge >= 0.3 is 39.0 Å². The summed E-state index contributed by atoms with van der Waals surface area (Å²) in [6.07, 6.45) is 0. The first-order chi connectivity index (χ1) is 51.6. The van der Waals surface area contributed by atoms with E-state index >= 15 is 0 Å². The van der Waals surface area contributed by atoms with Crippen LogP contribution in [0.25, 0.3) is 87.2 Å². The molecule has 12 aromatic rings. The van der Waals surface area contributed by atoms with Crippen LogP contribution in [0.15, 0.2) is 97.1 Å². The van der Waals surface area contributed by atoms with E-state index in [0.29, 0.717) is 0 Å². The second kappa shape index (κ2) is 31.8. The van der Waals surface area contributed by atoms with Crippen molar-refractivity contribution in [2.75, 3.05) is 0 Å². The fraction of sp³-hybridized carbons (Fsp3) is 0.571. The number of benzene rings is 8. The van der Waals surface area contributed by atoms with Gasteiger partial charge in [0.1, 0.15) is 0 Å². The molecular weight excluding hydrogens is 1530 g/mol. The fourth-order valence-electron chi connectivity index (χ4n) is 16.2. The van der Waals surface area contributed by atoms with Gasteiger partial charge in [-0.25, -0.2) is 0 Å². The maximum Gasteiger partial charge on any atom is 2.00 e.